The van der Waals surface area contributed by atoms with Crippen LogP contribution in [0.1, 0.15) is 22.7 Å². The van der Waals surface area contributed by atoms with Gasteiger partial charge in [0, 0.05) is 0 Å². The van der Waals surface area contributed by atoms with E-state index in [4.69, 9.17) is 0 Å². The van der Waals surface area contributed by atoms with Crippen molar-refractivity contribution in [3.63, 3.8) is 0 Å². The van der Waals surface area contributed by atoms with Crippen molar-refractivity contribution < 1.29 is 5.21 Å². The van der Waals surface area contributed by atoms with Crippen LogP contribution in [0.3, 0.4) is 0 Å². The van der Waals surface area contributed by atoms with Crippen LogP contribution in [-0.4, -0.2) is 5.21 Å². The van der Waals surface area contributed by atoms with Gasteiger partial charge in [-0.15, -0.1) is 0 Å². The maximum atomic E-state index is 9.30. The summed E-state index contributed by atoms with van der Waals surface area (Å²) < 4.78 is 0. The average molecular weight is 211 g/mol. The fourth-order valence-electron chi connectivity index (χ4n) is 2.47. The molecule has 1 aliphatic rings. The number of fused-ring (bicyclic) bond motifs is 3. The molecule has 0 bridgehead atoms. The minimum absolute atomic E-state index is 0.0916. The fraction of sp³-hybridized carbons (Fsp3) is 0.143. The van der Waals surface area contributed by atoms with Crippen molar-refractivity contribution in [2.45, 2.75) is 13.0 Å². The van der Waals surface area contributed by atoms with Crippen LogP contribution in [0.4, 0.5) is 0 Å². The molecule has 2 aromatic carbocycles. The molecule has 3 rings (SSSR count). The molecular formula is C14H13NO. The van der Waals surface area contributed by atoms with E-state index < -0.39 is 0 Å². The molecule has 1 aliphatic carbocycles. The van der Waals surface area contributed by atoms with Crippen LogP contribution in [0, 0.1) is 6.92 Å². The van der Waals surface area contributed by atoms with Crippen LogP contribution in [0.5, 0.6) is 0 Å². The van der Waals surface area contributed by atoms with E-state index in [1.807, 2.05) is 12.1 Å². The maximum Gasteiger partial charge on any atom is 0.0831 e. The summed E-state index contributed by atoms with van der Waals surface area (Å²) >= 11 is 0. The third-order valence-electron chi connectivity index (χ3n) is 3.21. The average Bonchev–Trinajstić information content (AvgIpc) is 2.61. The minimum atomic E-state index is -0.0916. The van der Waals surface area contributed by atoms with Gasteiger partial charge in [-0.2, -0.15) is 5.48 Å². The normalized spacial score (nSPS) is 17.0. The zero-order valence-electron chi connectivity index (χ0n) is 9.07. The molecule has 0 aromatic heterocycles. The summed E-state index contributed by atoms with van der Waals surface area (Å²) in [4.78, 5) is 0. The number of aryl methyl sites for hydroxylation is 1. The minimum Gasteiger partial charge on any atom is -0.316 e. The molecule has 0 radical (unpaired) electrons. The molecule has 0 heterocycles. The van der Waals surface area contributed by atoms with Gasteiger partial charge in [-0.3, -0.25) is 0 Å². The first kappa shape index (κ1) is 9.58. The first-order valence-corrected chi connectivity index (χ1v) is 5.41. The second-order valence-corrected chi connectivity index (χ2v) is 4.24. The van der Waals surface area contributed by atoms with E-state index in [1.54, 1.807) is 0 Å². The van der Waals surface area contributed by atoms with Crippen molar-refractivity contribution in [2.75, 3.05) is 0 Å². The summed E-state index contributed by atoms with van der Waals surface area (Å²) in [6.07, 6.45) is 0. The Balaban J connectivity index is 2.29. The van der Waals surface area contributed by atoms with Gasteiger partial charge in [0.1, 0.15) is 0 Å². The van der Waals surface area contributed by atoms with Gasteiger partial charge >= 0.3 is 0 Å². The molecule has 0 saturated carbocycles. The molecule has 0 aliphatic heterocycles. The lowest BCUT2D eigenvalue weighted by atomic mass is 10.0. The summed E-state index contributed by atoms with van der Waals surface area (Å²) in [5, 5.41) is 9.30. The lowest BCUT2D eigenvalue weighted by Gasteiger charge is -2.10. The van der Waals surface area contributed by atoms with E-state index in [0.29, 0.717) is 0 Å². The molecule has 0 amide bonds. The van der Waals surface area contributed by atoms with Gasteiger partial charge < -0.3 is 5.21 Å². The highest BCUT2D eigenvalue weighted by molar-refractivity contribution is 5.78. The van der Waals surface area contributed by atoms with Crippen molar-refractivity contribution in [1.82, 2.24) is 5.48 Å². The van der Waals surface area contributed by atoms with Crippen LogP contribution >= 0.6 is 0 Å². The number of benzene rings is 2. The highest BCUT2D eigenvalue weighted by atomic mass is 16.5. The van der Waals surface area contributed by atoms with E-state index in [1.165, 1.54) is 16.7 Å². The molecule has 1 atom stereocenters. The standard InChI is InChI=1S/C14H13NO/c1-9-6-7-11-10-4-2-3-5-12(10)14(15-16)13(11)8-9/h2-8,14-16H,1H3. The Morgan fingerprint density at radius 3 is 2.56 bits per heavy atom. The molecule has 1 unspecified atom stereocenters. The number of hydrogen-bond acceptors (Lipinski definition) is 2. The van der Waals surface area contributed by atoms with Crippen LogP contribution in [0.25, 0.3) is 11.1 Å². The zero-order valence-corrected chi connectivity index (χ0v) is 9.07. The van der Waals surface area contributed by atoms with E-state index in [-0.39, 0.29) is 6.04 Å². The Labute approximate surface area is 94.5 Å². The molecule has 2 nitrogen and oxygen atoms in total. The quantitative estimate of drug-likeness (QED) is 0.710. The van der Waals surface area contributed by atoms with Crippen LogP contribution < -0.4 is 5.48 Å². The third kappa shape index (κ3) is 1.21. The molecule has 0 spiro atoms. The summed E-state index contributed by atoms with van der Waals surface area (Å²) in [6.45, 7) is 2.07. The predicted octanol–water partition coefficient (Wildman–Crippen LogP) is 3.04. The highest BCUT2D eigenvalue weighted by Crippen LogP contribution is 2.43. The van der Waals surface area contributed by atoms with E-state index >= 15 is 0 Å². The predicted molar refractivity (Wildman–Crippen MR) is 63.4 cm³/mol. The smallest absolute Gasteiger partial charge is 0.0831 e. The van der Waals surface area contributed by atoms with Gasteiger partial charge in [0.25, 0.3) is 0 Å². The SMILES string of the molecule is Cc1ccc2c(c1)C(NO)c1ccccc1-2. The molecule has 16 heavy (non-hydrogen) atoms. The summed E-state index contributed by atoms with van der Waals surface area (Å²) in [6, 6.07) is 14.5. The maximum absolute atomic E-state index is 9.30. The van der Waals surface area contributed by atoms with Crippen molar-refractivity contribution in [1.29, 1.82) is 0 Å². The van der Waals surface area contributed by atoms with Crippen LogP contribution in [0.2, 0.25) is 0 Å². The largest absolute Gasteiger partial charge is 0.316 e. The second-order valence-electron chi connectivity index (χ2n) is 4.24. The first-order chi connectivity index (χ1) is 7.81. The number of nitrogens with one attached hydrogen (secondary N) is 1. The van der Waals surface area contributed by atoms with Crippen LogP contribution in [0.15, 0.2) is 42.5 Å². The van der Waals surface area contributed by atoms with Gasteiger partial charge in [-0.05, 0) is 29.2 Å². The second kappa shape index (κ2) is 3.44. The van der Waals surface area contributed by atoms with E-state index in [2.05, 4.69) is 42.7 Å². The first-order valence-electron chi connectivity index (χ1n) is 5.41. The van der Waals surface area contributed by atoms with Crippen molar-refractivity contribution in [2.24, 2.45) is 0 Å². The van der Waals surface area contributed by atoms with Gasteiger partial charge in [0.15, 0.2) is 0 Å². The number of hydrogen-bond donors (Lipinski definition) is 2. The van der Waals surface area contributed by atoms with Gasteiger partial charge in [0.2, 0.25) is 0 Å². The topological polar surface area (TPSA) is 32.3 Å². The molecular weight excluding hydrogens is 198 g/mol. The Morgan fingerprint density at radius 1 is 1.00 bits per heavy atom. The molecule has 80 valence electrons. The molecule has 2 aromatic rings. The van der Waals surface area contributed by atoms with Crippen LogP contribution in [-0.2, 0) is 0 Å². The van der Waals surface area contributed by atoms with Crippen molar-refractivity contribution in [3.05, 3.63) is 59.2 Å². The molecule has 0 fully saturated rings. The Hall–Kier alpha value is -1.64. The van der Waals surface area contributed by atoms with E-state index in [0.717, 1.165) is 11.1 Å². The third-order valence-corrected chi connectivity index (χ3v) is 3.21. The van der Waals surface area contributed by atoms with E-state index in [9.17, 15) is 5.21 Å². The van der Waals surface area contributed by atoms with Gasteiger partial charge in [-0.1, -0.05) is 48.0 Å². The van der Waals surface area contributed by atoms with Crippen molar-refractivity contribution >= 4 is 0 Å². The lowest BCUT2D eigenvalue weighted by Crippen LogP contribution is -2.15. The molecule has 0 saturated heterocycles. The Morgan fingerprint density at radius 2 is 1.75 bits per heavy atom. The van der Waals surface area contributed by atoms with Gasteiger partial charge in [-0.25, -0.2) is 0 Å². The Kier molecular flexibility index (Phi) is 2.06. The summed E-state index contributed by atoms with van der Waals surface area (Å²) in [7, 11) is 0. The van der Waals surface area contributed by atoms with Crippen molar-refractivity contribution in [3.8, 4) is 11.1 Å². The molecule has 2 N–H and O–H groups in total. The highest BCUT2D eigenvalue weighted by Gasteiger charge is 2.27. The summed E-state index contributed by atoms with van der Waals surface area (Å²) in [5.74, 6) is 0. The number of rotatable bonds is 1. The molecule has 2 heteroatoms. The lowest BCUT2D eigenvalue weighted by molar-refractivity contribution is 0.142. The fourth-order valence-corrected chi connectivity index (χ4v) is 2.47. The monoisotopic (exact) mass is 211 g/mol. The number of hydroxylamine groups is 1. The summed E-state index contributed by atoms with van der Waals surface area (Å²) in [5.41, 5.74) is 8.35. The zero-order chi connectivity index (χ0) is 11.1. The Bertz CT molecular complexity index is 548. The van der Waals surface area contributed by atoms with Gasteiger partial charge in [0.05, 0.1) is 6.04 Å².